The maximum atomic E-state index is 13.2. The van der Waals surface area contributed by atoms with E-state index >= 15 is 0 Å². The maximum absolute atomic E-state index is 13.2. The molecule has 1 fully saturated rings. The third kappa shape index (κ3) is 2.98. The van der Waals surface area contributed by atoms with Gasteiger partial charge >= 0.3 is 0 Å². The molecule has 5 rings (SSSR count). The van der Waals surface area contributed by atoms with Crippen LogP contribution in [0.15, 0.2) is 30.5 Å². The van der Waals surface area contributed by atoms with E-state index in [1.54, 1.807) is 16.8 Å². The third-order valence-corrected chi connectivity index (χ3v) is 5.98. The molecule has 0 saturated carbocycles. The summed E-state index contributed by atoms with van der Waals surface area (Å²) in [5.74, 6) is 0.294. The van der Waals surface area contributed by atoms with E-state index in [0.717, 1.165) is 12.1 Å². The SMILES string of the molecule is CN1C(=O)[C@@H](N2CCc3cn(CC4(C)COC4)nc3C2=O)COc2ccccc21. The highest BCUT2D eigenvalue weighted by Gasteiger charge is 2.40. The normalized spacial score (nSPS) is 23.0. The lowest BCUT2D eigenvalue weighted by Gasteiger charge is -2.37. The highest BCUT2D eigenvalue weighted by Crippen LogP contribution is 2.32. The molecule has 8 nitrogen and oxygen atoms in total. The number of carbonyl (C=O) groups excluding carboxylic acids is 2. The number of benzene rings is 1. The fourth-order valence-corrected chi connectivity index (χ4v) is 4.28. The van der Waals surface area contributed by atoms with Gasteiger partial charge in [0.25, 0.3) is 11.8 Å². The van der Waals surface area contributed by atoms with Crippen LogP contribution in [0.25, 0.3) is 0 Å². The number of carbonyl (C=O) groups is 2. The first-order valence-corrected chi connectivity index (χ1v) is 9.90. The zero-order chi connectivity index (χ0) is 20.2. The molecule has 0 spiro atoms. The fourth-order valence-electron chi connectivity index (χ4n) is 4.28. The lowest BCUT2D eigenvalue weighted by atomic mass is 9.89. The van der Waals surface area contributed by atoms with Crippen molar-refractivity contribution in [2.45, 2.75) is 25.9 Å². The highest BCUT2D eigenvalue weighted by atomic mass is 16.5. The second-order valence-corrected chi connectivity index (χ2v) is 8.44. The molecule has 0 aliphatic carbocycles. The molecular weight excluding hydrogens is 372 g/mol. The van der Waals surface area contributed by atoms with Gasteiger partial charge in [0.2, 0.25) is 0 Å². The summed E-state index contributed by atoms with van der Waals surface area (Å²) >= 11 is 0. The first-order chi connectivity index (χ1) is 14.0. The Morgan fingerprint density at radius 2 is 2.03 bits per heavy atom. The van der Waals surface area contributed by atoms with Crippen LogP contribution < -0.4 is 9.64 Å². The Morgan fingerprint density at radius 1 is 1.24 bits per heavy atom. The van der Waals surface area contributed by atoms with E-state index in [-0.39, 0.29) is 23.8 Å². The zero-order valence-corrected chi connectivity index (χ0v) is 16.6. The van der Waals surface area contributed by atoms with E-state index in [4.69, 9.17) is 9.47 Å². The molecular formula is C21H24N4O4. The van der Waals surface area contributed by atoms with E-state index < -0.39 is 6.04 Å². The van der Waals surface area contributed by atoms with E-state index in [0.29, 0.717) is 43.3 Å². The van der Waals surface area contributed by atoms with Gasteiger partial charge in [0.15, 0.2) is 5.69 Å². The largest absolute Gasteiger partial charge is 0.489 e. The Bertz CT molecular complexity index is 981. The molecule has 1 aromatic carbocycles. The van der Waals surface area contributed by atoms with Crippen LogP contribution in [-0.4, -0.2) is 65.9 Å². The second-order valence-electron chi connectivity index (χ2n) is 8.44. The Kier molecular flexibility index (Phi) is 4.13. The Morgan fingerprint density at radius 3 is 2.79 bits per heavy atom. The summed E-state index contributed by atoms with van der Waals surface area (Å²) < 4.78 is 13.1. The second kappa shape index (κ2) is 6.59. The summed E-state index contributed by atoms with van der Waals surface area (Å²) in [6, 6.07) is 6.75. The van der Waals surface area contributed by atoms with Gasteiger partial charge in [0.1, 0.15) is 18.4 Å². The maximum Gasteiger partial charge on any atom is 0.275 e. The van der Waals surface area contributed by atoms with Gasteiger partial charge in [-0.25, -0.2) is 0 Å². The van der Waals surface area contributed by atoms with E-state index in [9.17, 15) is 9.59 Å². The summed E-state index contributed by atoms with van der Waals surface area (Å²) in [6.45, 7) is 4.90. The average molecular weight is 396 g/mol. The Hall–Kier alpha value is -2.87. The number of ether oxygens (including phenoxy) is 2. The summed E-state index contributed by atoms with van der Waals surface area (Å²) in [5.41, 5.74) is 2.16. The van der Waals surface area contributed by atoms with Crippen LogP contribution >= 0.6 is 0 Å². The minimum atomic E-state index is -0.671. The number of amides is 2. The standard InChI is InChI=1S/C21H24N4O4/c1-21(12-28-13-21)11-24-9-14-7-8-25(20(27)18(14)22-24)16-10-29-17-6-4-3-5-15(17)23(2)19(16)26/h3-6,9,16H,7-8,10-13H2,1-2H3/t16-/m0/s1. The quantitative estimate of drug-likeness (QED) is 0.783. The van der Waals surface area contributed by atoms with Crippen molar-refractivity contribution in [2.75, 3.05) is 38.3 Å². The smallest absolute Gasteiger partial charge is 0.275 e. The summed E-state index contributed by atoms with van der Waals surface area (Å²) in [7, 11) is 1.72. The van der Waals surface area contributed by atoms with Gasteiger partial charge in [0.05, 0.1) is 25.4 Å². The molecule has 3 aliphatic rings. The van der Waals surface area contributed by atoms with E-state index in [1.165, 1.54) is 0 Å². The lowest BCUT2D eigenvalue weighted by Crippen LogP contribution is -2.54. The van der Waals surface area contributed by atoms with Gasteiger partial charge in [-0.2, -0.15) is 5.10 Å². The summed E-state index contributed by atoms with van der Waals surface area (Å²) in [6.07, 6.45) is 2.64. The first-order valence-electron chi connectivity index (χ1n) is 9.90. The molecule has 1 saturated heterocycles. The van der Waals surface area contributed by atoms with Crippen LogP contribution in [0, 0.1) is 5.41 Å². The summed E-state index contributed by atoms with van der Waals surface area (Å²) in [5, 5.41) is 4.56. The number of para-hydroxylation sites is 2. The molecule has 0 unspecified atom stereocenters. The van der Waals surface area contributed by atoms with Gasteiger partial charge in [-0.3, -0.25) is 14.3 Å². The first kappa shape index (κ1) is 18.2. The van der Waals surface area contributed by atoms with E-state index in [2.05, 4.69) is 12.0 Å². The molecule has 8 heteroatoms. The Labute approximate surface area is 169 Å². The highest BCUT2D eigenvalue weighted by molar-refractivity contribution is 6.03. The Balaban J connectivity index is 1.39. The third-order valence-electron chi connectivity index (χ3n) is 5.98. The minimum Gasteiger partial charge on any atom is -0.489 e. The molecule has 2 aromatic rings. The number of hydrogen-bond donors (Lipinski definition) is 0. The number of anilines is 1. The molecule has 4 heterocycles. The van der Waals surface area contributed by atoms with Crippen molar-refractivity contribution in [1.29, 1.82) is 0 Å². The van der Waals surface area contributed by atoms with Crippen molar-refractivity contribution in [3.8, 4) is 5.75 Å². The predicted molar refractivity (Wildman–Crippen MR) is 105 cm³/mol. The van der Waals surface area contributed by atoms with Crippen LogP contribution in [0.1, 0.15) is 23.0 Å². The van der Waals surface area contributed by atoms with Crippen LogP contribution in [0.4, 0.5) is 5.69 Å². The topological polar surface area (TPSA) is 76.9 Å². The van der Waals surface area contributed by atoms with Gasteiger partial charge < -0.3 is 19.3 Å². The van der Waals surface area contributed by atoms with E-state index in [1.807, 2.05) is 35.1 Å². The number of fused-ring (bicyclic) bond motifs is 2. The minimum absolute atomic E-state index is 0.0664. The van der Waals surface area contributed by atoms with Gasteiger partial charge in [-0.05, 0) is 18.6 Å². The van der Waals surface area contributed by atoms with Crippen LogP contribution in [0.5, 0.6) is 5.75 Å². The van der Waals surface area contributed by atoms with Gasteiger partial charge in [0, 0.05) is 30.8 Å². The van der Waals surface area contributed by atoms with Crippen LogP contribution in [0.3, 0.4) is 0 Å². The van der Waals surface area contributed by atoms with Crippen molar-refractivity contribution in [3.05, 3.63) is 41.7 Å². The average Bonchev–Trinajstić information content (AvgIpc) is 3.06. The van der Waals surface area contributed by atoms with Crippen molar-refractivity contribution < 1.29 is 19.1 Å². The van der Waals surface area contributed by atoms with Crippen molar-refractivity contribution in [2.24, 2.45) is 5.41 Å². The van der Waals surface area contributed by atoms with Gasteiger partial charge in [-0.15, -0.1) is 0 Å². The van der Waals surface area contributed by atoms with Gasteiger partial charge in [-0.1, -0.05) is 19.1 Å². The number of hydrogen-bond acceptors (Lipinski definition) is 5. The van der Waals surface area contributed by atoms with Crippen LogP contribution in [0.2, 0.25) is 0 Å². The molecule has 0 radical (unpaired) electrons. The molecule has 2 amide bonds. The number of nitrogens with zero attached hydrogens (tertiary/aromatic N) is 4. The number of aromatic nitrogens is 2. The van der Waals surface area contributed by atoms with Crippen molar-refractivity contribution >= 4 is 17.5 Å². The fraction of sp³-hybridized carbons (Fsp3) is 0.476. The molecule has 152 valence electrons. The number of rotatable bonds is 3. The predicted octanol–water partition coefficient (Wildman–Crippen LogP) is 1.34. The number of likely N-dealkylation sites (N-methyl/N-ethyl adjacent to an activating group) is 1. The molecule has 0 bridgehead atoms. The van der Waals surface area contributed by atoms with Crippen molar-refractivity contribution in [3.63, 3.8) is 0 Å². The molecule has 1 aromatic heterocycles. The van der Waals surface area contributed by atoms with Crippen molar-refractivity contribution in [1.82, 2.24) is 14.7 Å². The monoisotopic (exact) mass is 396 g/mol. The molecule has 1 atom stereocenters. The zero-order valence-electron chi connectivity index (χ0n) is 16.6. The van der Waals surface area contributed by atoms with Crippen LogP contribution in [-0.2, 0) is 22.5 Å². The molecule has 29 heavy (non-hydrogen) atoms. The summed E-state index contributed by atoms with van der Waals surface area (Å²) in [4.78, 5) is 29.5. The molecule has 3 aliphatic heterocycles. The molecule has 0 N–H and O–H groups in total. The lowest BCUT2D eigenvalue weighted by molar-refractivity contribution is -0.123.